The highest BCUT2D eigenvalue weighted by molar-refractivity contribution is 7.99. The number of hydrogen-bond donors (Lipinski definition) is 2. The van der Waals surface area contributed by atoms with Crippen molar-refractivity contribution in [3.63, 3.8) is 0 Å². The zero-order chi connectivity index (χ0) is 29.2. The molecule has 1 aromatic rings. The van der Waals surface area contributed by atoms with Gasteiger partial charge in [0.25, 0.3) is 0 Å². The monoisotopic (exact) mass is 602 g/mol. The molecule has 0 spiro atoms. The van der Waals surface area contributed by atoms with Gasteiger partial charge in [-0.15, -0.1) is 11.8 Å². The molecule has 0 unspecified atom stereocenters. The van der Waals surface area contributed by atoms with E-state index in [4.69, 9.17) is 0 Å². The van der Waals surface area contributed by atoms with Crippen molar-refractivity contribution in [1.82, 2.24) is 20.4 Å². The molecule has 2 heterocycles. The molecule has 1 aromatic carbocycles. The van der Waals surface area contributed by atoms with Gasteiger partial charge in [0.15, 0.2) is 0 Å². The summed E-state index contributed by atoms with van der Waals surface area (Å²) >= 11 is 3.40. The number of thioether (sulfide) groups is 2. The van der Waals surface area contributed by atoms with Gasteiger partial charge >= 0.3 is 0 Å². The summed E-state index contributed by atoms with van der Waals surface area (Å²) in [6.45, 7) is 8.94. The van der Waals surface area contributed by atoms with Gasteiger partial charge in [-0.25, -0.2) is 0 Å². The van der Waals surface area contributed by atoms with Crippen molar-refractivity contribution in [2.24, 2.45) is 11.3 Å². The fourth-order valence-electron chi connectivity index (χ4n) is 6.00. The average Bonchev–Trinajstić information content (AvgIpc) is 3.44. The fourth-order valence-corrected chi connectivity index (χ4v) is 8.45. The van der Waals surface area contributed by atoms with E-state index in [1.54, 1.807) is 28.4 Å². The number of carbonyl (C=O) groups is 3. The van der Waals surface area contributed by atoms with E-state index < -0.39 is 12.1 Å². The number of carbonyl (C=O) groups excluding carboxylic acids is 3. The van der Waals surface area contributed by atoms with Crippen LogP contribution >= 0.6 is 23.5 Å². The summed E-state index contributed by atoms with van der Waals surface area (Å²) in [5.41, 5.74) is 1.17. The fraction of sp³-hybridized carbons (Fsp3) is 0.719. The van der Waals surface area contributed by atoms with E-state index in [0.29, 0.717) is 29.7 Å². The van der Waals surface area contributed by atoms with Crippen LogP contribution in [0, 0.1) is 11.3 Å². The molecule has 7 nitrogen and oxygen atoms in total. The smallest absolute Gasteiger partial charge is 0.244 e. The third-order valence-electron chi connectivity index (χ3n) is 8.37. The lowest BCUT2D eigenvalue weighted by Gasteiger charge is -2.33. The molecule has 4 rings (SSSR count). The Balaban J connectivity index is 1.32. The second-order valence-corrected chi connectivity index (χ2v) is 15.3. The summed E-state index contributed by atoms with van der Waals surface area (Å²) in [5, 5.41) is 6.36. The number of benzene rings is 1. The van der Waals surface area contributed by atoms with E-state index in [9.17, 15) is 14.4 Å². The topological polar surface area (TPSA) is 81.8 Å². The van der Waals surface area contributed by atoms with Gasteiger partial charge < -0.3 is 15.5 Å². The quantitative estimate of drug-likeness (QED) is 0.375. The Kier molecular flexibility index (Phi) is 12.3. The van der Waals surface area contributed by atoms with Crippen LogP contribution in [0.3, 0.4) is 0 Å². The highest BCUT2D eigenvalue weighted by atomic mass is 32.2. The highest BCUT2D eigenvalue weighted by Gasteiger charge is 2.37. The summed E-state index contributed by atoms with van der Waals surface area (Å²) in [7, 11) is 0. The number of rotatable bonds is 11. The van der Waals surface area contributed by atoms with Gasteiger partial charge in [0.2, 0.25) is 17.7 Å². The highest BCUT2D eigenvalue weighted by Crippen LogP contribution is 2.28. The summed E-state index contributed by atoms with van der Waals surface area (Å²) < 4.78 is 0. The maximum atomic E-state index is 13.6. The second kappa shape index (κ2) is 15.7. The van der Waals surface area contributed by atoms with Crippen molar-refractivity contribution in [2.75, 3.05) is 36.2 Å². The van der Waals surface area contributed by atoms with Gasteiger partial charge in [0.1, 0.15) is 12.1 Å². The van der Waals surface area contributed by atoms with Crippen molar-refractivity contribution < 1.29 is 14.4 Å². The SMILES string of the molecule is CC(C)(C)CC(=O)N1CSC[C@H]1C(=O)N[C@@H](CSCC1CCCCC1)C(=O)NC1CCN(Cc2ccccc2)CC1. The molecule has 1 saturated carbocycles. The molecule has 2 saturated heterocycles. The van der Waals surface area contributed by atoms with E-state index in [1.165, 1.54) is 37.7 Å². The maximum Gasteiger partial charge on any atom is 0.244 e. The van der Waals surface area contributed by atoms with E-state index >= 15 is 0 Å². The third kappa shape index (κ3) is 10.5. The van der Waals surface area contributed by atoms with Crippen LogP contribution in [0.15, 0.2) is 30.3 Å². The molecule has 2 aliphatic heterocycles. The van der Waals surface area contributed by atoms with Crippen LogP contribution in [0.4, 0.5) is 0 Å². The zero-order valence-electron chi connectivity index (χ0n) is 25.2. The first kappa shape index (κ1) is 32.2. The molecular weight excluding hydrogens is 553 g/mol. The van der Waals surface area contributed by atoms with E-state index in [0.717, 1.165) is 38.2 Å². The average molecular weight is 603 g/mol. The Hall–Kier alpha value is -1.71. The van der Waals surface area contributed by atoms with Crippen molar-refractivity contribution in [2.45, 2.75) is 96.8 Å². The zero-order valence-corrected chi connectivity index (χ0v) is 26.9. The van der Waals surface area contributed by atoms with Crippen molar-refractivity contribution >= 4 is 41.2 Å². The van der Waals surface area contributed by atoms with Crippen LogP contribution < -0.4 is 10.6 Å². The van der Waals surface area contributed by atoms with E-state index in [-0.39, 0.29) is 29.2 Å². The van der Waals surface area contributed by atoms with Crippen LogP contribution in [0.2, 0.25) is 0 Å². The molecule has 0 bridgehead atoms. The van der Waals surface area contributed by atoms with Crippen LogP contribution in [0.1, 0.15) is 77.7 Å². The van der Waals surface area contributed by atoms with E-state index in [1.807, 2.05) is 26.8 Å². The van der Waals surface area contributed by atoms with Gasteiger partial charge in [0.05, 0.1) is 5.88 Å². The minimum atomic E-state index is -0.594. The largest absolute Gasteiger partial charge is 0.351 e. The molecular formula is C32H50N4O3S2. The molecule has 228 valence electrons. The third-order valence-corrected chi connectivity index (χ3v) is 10.7. The van der Waals surface area contributed by atoms with Gasteiger partial charge in [-0.3, -0.25) is 19.3 Å². The predicted octanol–water partition coefficient (Wildman–Crippen LogP) is 4.90. The Bertz CT molecular complexity index is 988. The van der Waals surface area contributed by atoms with Gasteiger partial charge in [0, 0.05) is 43.6 Å². The first-order valence-corrected chi connectivity index (χ1v) is 17.8. The molecule has 0 aromatic heterocycles. The molecule has 1 aliphatic carbocycles. The lowest BCUT2D eigenvalue weighted by atomic mass is 9.91. The number of nitrogens with one attached hydrogen (secondary N) is 2. The summed E-state index contributed by atoms with van der Waals surface area (Å²) in [6.07, 6.45) is 8.67. The Morgan fingerprint density at radius 3 is 2.41 bits per heavy atom. The summed E-state index contributed by atoms with van der Waals surface area (Å²) in [4.78, 5) is 44.2. The Morgan fingerprint density at radius 1 is 1.02 bits per heavy atom. The lowest BCUT2D eigenvalue weighted by Crippen LogP contribution is -2.56. The van der Waals surface area contributed by atoms with Crippen LogP contribution in [-0.4, -0.2) is 81.9 Å². The standard InChI is InChI=1S/C32H50N4O3S2/c1-32(2,3)18-29(37)36-23-41-22-28(36)31(39)34-27(21-40-20-25-12-8-5-9-13-25)30(38)33-26-14-16-35(17-15-26)19-24-10-6-4-7-11-24/h4,6-7,10-11,25-28H,5,8-9,12-23H2,1-3H3,(H,33,38)(H,34,39)/t27-,28-/m0/s1. The normalized spacial score (nSPS) is 21.9. The van der Waals surface area contributed by atoms with Crippen LogP contribution in [0.5, 0.6) is 0 Å². The maximum absolute atomic E-state index is 13.6. The second-order valence-electron chi connectivity index (χ2n) is 13.3. The molecule has 3 amide bonds. The molecule has 9 heteroatoms. The minimum absolute atomic E-state index is 0.0117. The number of nitrogens with zero attached hydrogens (tertiary/aromatic N) is 2. The summed E-state index contributed by atoms with van der Waals surface area (Å²) in [5.74, 6) is 3.13. The number of amides is 3. The van der Waals surface area contributed by atoms with Crippen molar-refractivity contribution in [1.29, 1.82) is 0 Å². The lowest BCUT2D eigenvalue weighted by molar-refractivity contribution is -0.140. The molecule has 0 radical (unpaired) electrons. The number of hydrogen-bond acceptors (Lipinski definition) is 6. The van der Waals surface area contributed by atoms with Gasteiger partial charge in [-0.2, -0.15) is 11.8 Å². The first-order valence-electron chi connectivity index (χ1n) is 15.5. The Labute approximate surface area is 255 Å². The van der Waals surface area contributed by atoms with Crippen LogP contribution in [0.25, 0.3) is 0 Å². The first-order chi connectivity index (χ1) is 19.7. The number of piperidine rings is 1. The summed E-state index contributed by atoms with van der Waals surface area (Å²) in [6, 6.07) is 9.52. The molecule has 2 N–H and O–H groups in total. The van der Waals surface area contributed by atoms with Gasteiger partial charge in [-0.05, 0) is 48.3 Å². The minimum Gasteiger partial charge on any atom is -0.351 e. The molecule has 3 fully saturated rings. The number of likely N-dealkylation sites (tertiary alicyclic amines) is 1. The van der Waals surface area contributed by atoms with E-state index in [2.05, 4.69) is 39.8 Å². The molecule has 3 aliphatic rings. The molecule has 2 atom stereocenters. The molecule has 41 heavy (non-hydrogen) atoms. The predicted molar refractivity (Wildman–Crippen MR) is 171 cm³/mol. The van der Waals surface area contributed by atoms with Crippen LogP contribution in [-0.2, 0) is 20.9 Å². The Morgan fingerprint density at radius 2 is 1.73 bits per heavy atom. The van der Waals surface area contributed by atoms with Crippen molar-refractivity contribution in [3.05, 3.63) is 35.9 Å². The van der Waals surface area contributed by atoms with Gasteiger partial charge in [-0.1, -0.05) is 70.4 Å². The van der Waals surface area contributed by atoms with Crippen molar-refractivity contribution in [3.8, 4) is 0 Å².